The number of aliphatic hydroxyl groups is 1. The van der Waals surface area contributed by atoms with E-state index in [1.807, 2.05) is 62.4 Å². The first kappa shape index (κ1) is 15.4. The Hall–Kier alpha value is -2.00. The summed E-state index contributed by atoms with van der Waals surface area (Å²) < 4.78 is 11.0. The number of hydrogen-bond acceptors (Lipinski definition) is 3. The second-order valence-electron chi connectivity index (χ2n) is 5.46. The molecular weight excluding hydrogens is 264 g/mol. The van der Waals surface area contributed by atoms with E-state index < -0.39 is 5.60 Å². The molecule has 3 heteroatoms. The second-order valence-corrected chi connectivity index (χ2v) is 5.46. The van der Waals surface area contributed by atoms with Gasteiger partial charge in [-0.3, -0.25) is 0 Å². The first-order valence-electron chi connectivity index (χ1n) is 7.08. The van der Waals surface area contributed by atoms with E-state index in [9.17, 15) is 5.11 Å². The summed E-state index contributed by atoms with van der Waals surface area (Å²) in [5.74, 6) is 1.47. The molecule has 0 bridgehead atoms. The molecule has 0 aliphatic heterocycles. The molecule has 21 heavy (non-hydrogen) atoms. The molecule has 1 unspecified atom stereocenters. The monoisotopic (exact) mass is 286 g/mol. The molecular formula is C18H22O3. The van der Waals surface area contributed by atoms with E-state index in [1.165, 1.54) is 0 Å². The van der Waals surface area contributed by atoms with Crippen molar-refractivity contribution in [1.29, 1.82) is 0 Å². The van der Waals surface area contributed by atoms with Gasteiger partial charge >= 0.3 is 0 Å². The SMILES string of the molecule is COc1ccccc1C(C)(O)c1ccc(OC(C)C)cc1. The lowest BCUT2D eigenvalue weighted by Gasteiger charge is -2.26. The minimum atomic E-state index is -1.12. The molecule has 3 nitrogen and oxygen atoms in total. The third-order valence-corrected chi connectivity index (χ3v) is 3.42. The van der Waals surface area contributed by atoms with Crippen molar-refractivity contribution < 1.29 is 14.6 Å². The molecule has 0 aliphatic carbocycles. The normalized spacial score (nSPS) is 13.8. The summed E-state index contributed by atoms with van der Waals surface area (Å²) in [6.07, 6.45) is 0.130. The quantitative estimate of drug-likeness (QED) is 0.910. The topological polar surface area (TPSA) is 38.7 Å². The fourth-order valence-electron chi connectivity index (χ4n) is 2.33. The van der Waals surface area contributed by atoms with E-state index >= 15 is 0 Å². The Balaban J connectivity index is 2.34. The van der Waals surface area contributed by atoms with Crippen LogP contribution >= 0.6 is 0 Å². The Morgan fingerprint density at radius 3 is 2.19 bits per heavy atom. The molecule has 0 fully saturated rings. The van der Waals surface area contributed by atoms with E-state index in [2.05, 4.69) is 0 Å². The van der Waals surface area contributed by atoms with Gasteiger partial charge in [0.15, 0.2) is 0 Å². The molecule has 2 aromatic carbocycles. The zero-order valence-corrected chi connectivity index (χ0v) is 13.0. The van der Waals surface area contributed by atoms with Gasteiger partial charge in [-0.1, -0.05) is 30.3 Å². The maximum Gasteiger partial charge on any atom is 0.125 e. The maximum absolute atomic E-state index is 10.9. The summed E-state index contributed by atoms with van der Waals surface area (Å²) in [4.78, 5) is 0. The molecule has 0 saturated heterocycles. The molecule has 0 spiro atoms. The number of methoxy groups -OCH3 is 1. The Morgan fingerprint density at radius 2 is 1.62 bits per heavy atom. The summed E-state index contributed by atoms with van der Waals surface area (Å²) >= 11 is 0. The van der Waals surface area contributed by atoms with Crippen LogP contribution in [0, 0.1) is 0 Å². The van der Waals surface area contributed by atoms with Gasteiger partial charge in [0, 0.05) is 5.56 Å². The molecule has 0 heterocycles. The Morgan fingerprint density at radius 1 is 1.00 bits per heavy atom. The fraction of sp³-hybridized carbons (Fsp3) is 0.333. The highest BCUT2D eigenvalue weighted by Gasteiger charge is 2.28. The van der Waals surface area contributed by atoms with Crippen LogP contribution in [-0.2, 0) is 5.60 Å². The highest BCUT2D eigenvalue weighted by molar-refractivity contribution is 5.45. The molecule has 0 aromatic heterocycles. The van der Waals surface area contributed by atoms with Crippen LogP contribution in [0.25, 0.3) is 0 Å². The zero-order valence-electron chi connectivity index (χ0n) is 13.0. The molecule has 0 amide bonds. The van der Waals surface area contributed by atoms with E-state index in [0.717, 1.165) is 16.9 Å². The number of benzene rings is 2. The van der Waals surface area contributed by atoms with Gasteiger partial charge in [0.05, 0.1) is 13.2 Å². The highest BCUT2D eigenvalue weighted by Crippen LogP contribution is 2.35. The average Bonchev–Trinajstić information content (AvgIpc) is 2.47. The van der Waals surface area contributed by atoms with E-state index in [-0.39, 0.29) is 6.10 Å². The number of rotatable bonds is 5. The third kappa shape index (κ3) is 3.37. The van der Waals surface area contributed by atoms with Crippen LogP contribution in [0.5, 0.6) is 11.5 Å². The van der Waals surface area contributed by atoms with Crippen LogP contribution < -0.4 is 9.47 Å². The maximum atomic E-state index is 10.9. The average molecular weight is 286 g/mol. The van der Waals surface area contributed by atoms with Crippen LogP contribution in [0.4, 0.5) is 0 Å². The van der Waals surface area contributed by atoms with Crippen molar-refractivity contribution in [2.45, 2.75) is 32.5 Å². The fourth-order valence-corrected chi connectivity index (χ4v) is 2.33. The van der Waals surface area contributed by atoms with Gasteiger partial charge in [0.1, 0.15) is 17.1 Å². The van der Waals surface area contributed by atoms with E-state index in [4.69, 9.17) is 9.47 Å². The lowest BCUT2D eigenvalue weighted by Crippen LogP contribution is -2.23. The molecule has 2 aromatic rings. The van der Waals surface area contributed by atoms with Crippen LogP contribution in [-0.4, -0.2) is 18.3 Å². The third-order valence-electron chi connectivity index (χ3n) is 3.42. The minimum absolute atomic E-state index is 0.130. The van der Waals surface area contributed by atoms with Crippen molar-refractivity contribution in [2.24, 2.45) is 0 Å². The standard InChI is InChI=1S/C18H22O3/c1-13(2)21-15-11-9-14(10-12-15)18(3,19)16-7-5-6-8-17(16)20-4/h5-13,19H,1-4H3. The van der Waals surface area contributed by atoms with Crippen molar-refractivity contribution in [2.75, 3.05) is 7.11 Å². The van der Waals surface area contributed by atoms with Crippen LogP contribution in [0.15, 0.2) is 48.5 Å². The Labute approximate surface area is 126 Å². The minimum Gasteiger partial charge on any atom is -0.496 e. The summed E-state index contributed by atoms with van der Waals surface area (Å²) in [6.45, 7) is 5.74. The summed E-state index contributed by atoms with van der Waals surface area (Å²) in [6, 6.07) is 15.0. The predicted molar refractivity (Wildman–Crippen MR) is 83.9 cm³/mol. The van der Waals surface area contributed by atoms with Gasteiger partial charge in [-0.05, 0) is 44.5 Å². The lowest BCUT2D eigenvalue weighted by atomic mass is 9.87. The van der Waals surface area contributed by atoms with Gasteiger partial charge in [-0.2, -0.15) is 0 Å². The number of para-hydroxylation sites is 1. The largest absolute Gasteiger partial charge is 0.496 e. The molecule has 0 radical (unpaired) electrons. The number of hydrogen-bond donors (Lipinski definition) is 1. The zero-order chi connectivity index (χ0) is 15.5. The summed E-state index contributed by atoms with van der Waals surface area (Å²) in [5.41, 5.74) is 0.413. The molecule has 0 aliphatic rings. The van der Waals surface area contributed by atoms with Crippen molar-refractivity contribution in [1.82, 2.24) is 0 Å². The molecule has 112 valence electrons. The number of ether oxygens (including phenoxy) is 2. The smallest absolute Gasteiger partial charge is 0.125 e. The van der Waals surface area contributed by atoms with E-state index in [1.54, 1.807) is 14.0 Å². The highest BCUT2D eigenvalue weighted by atomic mass is 16.5. The van der Waals surface area contributed by atoms with Gasteiger partial charge < -0.3 is 14.6 Å². The van der Waals surface area contributed by atoms with Gasteiger partial charge in [0.2, 0.25) is 0 Å². The predicted octanol–water partition coefficient (Wildman–Crippen LogP) is 3.74. The Kier molecular flexibility index (Phi) is 4.53. The van der Waals surface area contributed by atoms with Gasteiger partial charge in [0.25, 0.3) is 0 Å². The van der Waals surface area contributed by atoms with Crippen molar-refractivity contribution >= 4 is 0 Å². The van der Waals surface area contributed by atoms with Crippen molar-refractivity contribution in [3.05, 3.63) is 59.7 Å². The Bertz CT molecular complexity index is 586. The van der Waals surface area contributed by atoms with Crippen LogP contribution in [0.3, 0.4) is 0 Å². The molecule has 2 rings (SSSR count). The summed E-state index contributed by atoms with van der Waals surface area (Å²) in [5, 5.41) is 10.9. The first-order valence-corrected chi connectivity index (χ1v) is 7.08. The van der Waals surface area contributed by atoms with Gasteiger partial charge in [-0.25, -0.2) is 0 Å². The van der Waals surface area contributed by atoms with Crippen molar-refractivity contribution in [3.8, 4) is 11.5 Å². The van der Waals surface area contributed by atoms with E-state index in [0.29, 0.717) is 5.75 Å². The van der Waals surface area contributed by atoms with Crippen LogP contribution in [0.1, 0.15) is 31.9 Å². The van der Waals surface area contributed by atoms with Crippen molar-refractivity contribution in [3.63, 3.8) is 0 Å². The molecule has 1 atom stereocenters. The van der Waals surface area contributed by atoms with Crippen LogP contribution in [0.2, 0.25) is 0 Å². The molecule has 1 N–H and O–H groups in total. The second kappa shape index (κ2) is 6.19. The summed E-state index contributed by atoms with van der Waals surface area (Å²) in [7, 11) is 1.61. The molecule has 0 saturated carbocycles. The lowest BCUT2D eigenvalue weighted by molar-refractivity contribution is 0.0988. The first-order chi connectivity index (χ1) is 9.95. The van der Waals surface area contributed by atoms with Gasteiger partial charge in [-0.15, -0.1) is 0 Å².